The number of aromatic nitrogens is 3. The van der Waals surface area contributed by atoms with Gasteiger partial charge in [-0.05, 0) is 42.5 Å². The van der Waals surface area contributed by atoms with Gasteiger partial charge in [0.05, 0.1) is 17.5 Å². The van der Waals surface area contributed by atoms with Crippen LogP contribution in [0, 0.1) is 17.2 Å². The van der Waals surface area contributed by atoms with Crippen LogP contribution in [-0.2, 0) is 11.2 Å². The summed E-state index contributed by atoms with van der Waals surface area (Å²) in [5, 5.41) is 23.6. The second-order valence-corrected chi connectivity index (χ2v) is 9.35. The van der Waals surface area contributed by atoms with Gasteiger partial charge >= 0.3 is 12.1 Å². The number of nitrogens with one attached hydrogen (secondary N) is 2. The van der Waals surface area contributed by atoms with Gasteiger partial charge in [-0.15, -0.1) is 0 Å². The maximum Gasteiger partial charge on any atom is 0.404 e. The van der Waals surface area contributed by atoms with Crippen LogP contribution in [0.1, 0.15) is 25.3 Å². The quantitative estimate of drug-likeness (QED) is 0.431. The molecule has 0 aliphatic carbocycles. The lowest BCUT2D eigenvalue weighted by atomic mass is 9.92. The number of hydrogen-bond acceptors (Lipinski definition) is 7. The average molecular weight is 519 g/mol. The third kappa shape index (κ3) is 5.83. The van der Waals surface area contributed by atoms with Crippen molar-refractivity contribution in [1.29, 1.82) is 5.26 Å². The van der Waals surface area contributed by atoms with Crippen LogP contribution < -0.4 is 15.5 Å². The van der Waals surface area contributed by atoms with Gasteiger partial charge in [-0.3, -0.25) is 9.36 Å². The van der Waals surface area contributed by atoms with Gasteiger partial charge in [0.1, 0.15) is 18.6 Å². The van der Waals surface area contributed by atoms with E-state index < -0.39 is 12.1 Å². The summed E-state index contributed by atoms with van der Waals surface area (Å²) in [6.07, 6.45) is 3.14. The lowest BCUT2D eigenvalue weighted by Crippen LogP contribution is -2.52. The minimum atomic E-state index is -1.08. The van der Waals surface area contributed by atoms with E-state index in [1.807, 2.05) is 24.1 Å². The van der Waals surface area contributed by atoms with Crippen LogP contribution in [0.25, 0.3) is 11.0 Å². The van der Waals surface area contributed by atoms with Crippen molar-refractivity contribution in [3.63, 3.8) is 0 Å². The van der Waals surface area contributed by atoms with Gasteiger partial charge in [-0.1, -0.05) is 19.1 Å². The molecule has 0 radical (unpaired) electrons. The molecule has 38 heavy (non-hydrogen) atoms. The number of nitrogens with zero attached hydrogens (tertiary/aromatic N) is 6. The summed E-state index contributed by atoms with van der Waals surface area (Å²) in [6.45, 7) is 3.52. The number of fused-ring (bicyclic) bond motifs is 1. The van der Waals surface area contributed by atoms with Crippen molar-refractivity contribution >= 4 is 40.6 Å². The summed E-state index contributed by atoms with van der Waals surface area (Å²) in [6, 6.07) is 10.5. The first-order chi connectivity index (χ1) is 18.3. The molecule has 12 heteroatoms. The molecule has 1 aliphatic heterocycles. The number of nitriles is 1. The third-order valence-electron chi connectivity index (χ3n) is 6.88. The van der Waals surface area contributed by atoms with Gasteiger partial charge in [-0.25, -0.2) is 19.6 Å². The number of likely N-dealkylation sites (tertiary alicyclic amines) is 1. The monoisotopic (exact) mass is 518 g/mol. The number of carbonyl (C=O) groups is 3. The van der Waals surface area contributed by atoms with Crippen LogP contribution in [-0.4, -0.2) is 75.3 Å². The van der Waals surface area contributed by atoms with Crippen LogP contribution in [0.5, 0.6) is 0 Å². The fourth-order valence-corrected chi connectivity index (χ4v) is 4.80. The summed E-state index contributed by atoms with van der Waals surface area (Å²) in [7, 11) is 1.92. The van der Waals surface area contributed by atoms with Gasteiger partial charge in [0, 0.05) is 38.6 Å². The van der Waals surface area contributed by atoms with E-state index >= 15 is 0 Å². The Bertz CT molecular complexity index is 1380. The van der Waals surface area contributed by atoms with E-state index in [1.165, 1.54) is 10.9 Å². The van der Waals surface area contributed by atoms with Crippen LogP contribution in [0.3, 0.4) is 0 Å². The van der Waals surface area contributed by atoms with Crippen molar-refractivity contribution < 1.29 is 19.5 Å². The van der Waals surface area contributed by atoms with Crippen molar-refractivity contribution in [2.75, 3.05) is 36.9 Å². The molecule has 4 rings (SSSR count). The molecule has 0 unspecified atom stereocenters. The highest BCUT2D eigenvalue weighted by Crippen LogP contribution is 2.30. The van der Waals surface area contributed by atoms with E-state index in [1.54, 1.807) is 35.4 Å². The number of likely N-dealkylation sites (N-methyl/N-ethyl adjacent to an activating group) is 1. The van der Waals surface area contributed by atoms with E-state index in [2.05, 4.69) is 27.5 Å². The maximum atomic E-state index is 13.1. The molecule has 2 atom stereocenters. The molecule has 3 aromatic rings. The lowest BCUT2D eigenvalue weighted by molar-refractivity contribution is -0.131. The van der Waals surface area contributed by atoms with Crippen molar-refractivity contribution in [2.45, 2.75) is 32.2 Å². The Kier molecular flexibility index (Phi) is 8.06. The minimum absolute atomic E-state index is 0.0139. The summed E-state index contributed by atoms with van der Waals surface area (Å²) < 4.78 is 1.42. The number of benzene rings is 1. The van der Waals surface area contributed by atoms with Gasteiger partial charge in [0.15, 0.2) is 5.65 Å². The highest BCUT2D eigenvalue weighted by Gasteiger charge is 2.32. The molecule has 1 aliphatic rings. The van der Waals surface area contributed by atoms with Crippen LogP contribution in [0.4, 0.5) is 21.1 Å². The molecule has 1 saturated heterocycles. The summed E-state index contributed by atoms with van der Waals surface area (Å²) >= 11 is 0. The molecular formula is C26H30N8O4. The fourth-order valence-electron chi connectivity index (χ4n) is 4.80. The zero-order valence-corrected chi connectivity index (χ0v) is 21.3. The number of amides is 3. The highest BCUT2D eigenvalue weighted by molar-refractivity contribution is 6.00. The molecular weight excluding hydrogens is 488 g/mol. The van der Waals surface area contributed by atoms with Crippen molar-refractivity contribution in [3.05, 3.63) is 48.4 Å². The zero-order valence-electron chi connectivity index (χ0n) is 21.3. The van der Waals surface area contributed by atoms with E-state index in [-0.39, 0.29) is 24.9 Å². The molecule has 0 spiro atoms. The first-order valence-corrected chi connectivity index (χ1v) is 12.3. The molecule has 1 aromatic carbocycles. The Morgan fingerprint density at radius 3 is 2.84 bits per heavy atom. The molecule has 3 amide bonds. The van der Waals surface area contributed by atoms with Crippen LogP contribution >= 0.6 is 0 Å². The van der Waals surface area contributed by atoms with Crippen LogP contribution in [0.2, 0.25) is 0 Å². The topological polar surface area (TPSA) is 156 Å². The van der Waals surface area contributed by atoms with E-state index in [0.717, 1.165) is 12.0 Å². The van der Waals surface area contributed by atoms with Crippen molar-refractivity contribution in [1.82, 2.24) is 24.8 Å². The Morgan fingerprint density at radius 1 is 1.26 bits per heavy atom. The zero-order chi connectivity index (χ0) is 27.2. The van der Waals surface area contributed by atoms with Crippen molar-refractivity contribution in [2.24, 2.45) is 5.92 Å². The Balaban J connectivity index is 1.52. The number of rotatable bonds is 7. The summed E-state index contributed by atoms with van der Waals surface area (Å²) in [5.41, 5.74) is 1.90. The van der Waals surface area contributed by atoms with Gasteiger partial charge in [-0.2, -0.15) is 5.26 Å². The number of hydrogen-bond donors (Lipinski definition) is 3. The van der Waals surface area contributed by atoms with Crippen molar-refractivity contribution in [3.8, 4) is 6.07 Å². The third-order valence-corrected chi connectivity index (χ3v) is 6.88. The number of piperidine rings is 1. The first kappa shape index (κ1) is 26.4. The predicted octanol–water partition coefficient (Wildman–Crippen LogP) is 2.91. The van der Waals surface area contributed by atoms with Gasteiger partial charge in [0.2, 0.25) is 5.91 Å². The molecule has 198 valence electrons. The Morgan fingerprint density at radius 2 is 2.08 bits per heavy atom. The van der Waals surface area contributed by atoms with Gasteiger partial charge in [0.25, 0.3) is 0 Å². The molecule has 0 saturated carbocycles. The molecule has 3 heterocycles. The number of carboxylic acid groups (broad SMARTS) is 1. The first-order valence-electron chi connectivity index (χ1n) is 12.3. The molecule has 0 bridgehead atoms. The summed E-state index contributed by atoms with van der Waals surface area (Å²) in [5.74, 6) is 0.774. The normalized spacial score (nSPS) is 17.0. The number of carbonyl (C=O) groups excluding carboxylic acids is 2. The molecule has 1 fully saturated rings. The Hall–Kier alpha value is -4.66. The second-order valence-electron chi connectivity index (χ2n) is 9.35. The smallest absolute Gasteiger partial charge is 0.404 e. The highest BCUT2D eigenvalue weighted by atomic mass is 16.4. The largest absolute Gasteiger partial charge is 0.465 e. The predicted molar refractivity (Wildman–Crippen MR) is 141 cm³/mol. The maximum absolute atomic E-state index is 13.1. The van der Waals surface area contributed by atoms with E-state index in [9.17, 15) is 14.4 Å². The van der Waals surface area contributed by atoms with E-state index in [0.29, 0.717) is 48.0 Å². The molecule has 2 aromatic heterocycles. The SMILES string of the molecule is C[C@@H]1CCN(C(=O)CC#N)C[C@@H]1N(C)c1ncnc2c1ccn2C(=O)Nc1cccc(CCNC(=O)O)c1. The average Bonchev–Trinajstić information content (AvgIpc) is 3.33. The van der Waals surface area contributed by atoms with Crippen LogP contribution in [0.15, 0.2) is 42.9 Å². The standard InChI is InChI=1S/C26H30N8O4/c1-17-8-12-33(22(35)6-10-27)15-21(17)32(2)23-20-9-13-34(24(20)30-16-29-23)25(36)31-19-5-3-4-18(14-19)7-11-28-26(37)38/h3-5,9,13-14,16-17,21,28H,6-8,11-12,15H2,1-2H3,(H,31,36)(H,37,38)/t17-,21+/m1/s1. The minimum Gasteiger partial charge on any atom is -0.465 e. The summed E-state index contributed by atoms with van der Waals surface area (Å²) in [4.78, 5) is 48.7. The van der Waals surface area contributed by atoms with E-state index in [4.69, 9.17) is 10.4 Å². The lowest BCUT2D eigenvalue weighted by Gasteiger charge is -2.42. The Labute approximate surface area is 219 Å². The molecule has 12 nitrogen and oxygen atoms in total. The fraction of sp³-hybridized carbons (Fsp3) is 0.385. The number of anilines is 2. The van der Waals surface area contributed by atoms with Gasteiger partial charge < -0.3 is 25.5 Å². The second kappa shape index (κ2) is 11.6. The molecule has 3 N–H and O–H groups in total.